The number of aromatic nitrogens is 1. The van der Waals surface area contributed by atoms with Gasteiger partial charge in [0.2, 0.25) is 5.91 Å². The van der Waals surface area contributed by atoms with Crippen molar-refractivity contribution in [1.82, 2.24) is 20.9 Å². The summed E-state index contributed by atoms with van der Waals surface area (Å²) in [6.45, 7) is 2.67. The molecule has 7 heteroatoms. The van der Waals surface area contributed by atoms with Crippen LogP contribution < -0.4 is 16.0 Å². The molecular formula is C15H16N4O2S. The molecule has 0 bridgehead atoms. The Labute approximate surface area is 132 Å². The fraction of sp³-hybridized carbons (Fsp3) is 0.267. The SMILES string of the molecule is Cc1nc(-c2ccccc2)sc1CNC(=O)C1CNC(=O)N1. The van der Waals surface area contributed by atoms with Crippen molar-refractivity contribution in [3.8, 4) is 10.6 Å². The molecule has 1 aliphatic rings. The van der Waals surface area contributed by atoms with Gasteiger partial charge in [0, 0.05) is 17.0 Å². The van der Waals surface area contributed by atoms with Crippen LogP contribution in [-0.4, -0.2) is 29.5 Å². The van der Waals surface area contributed by atoms with Gasteiger partial charge in [0.15, 0.2) is 0 Å². The first kappa shape index (κ1) is 14.5. The molecule has 3 N–H and O–H groups in total. The van der Waals surface area contributed by atoms with Crippen LogP contribution in [0.1, 0.15) is 10.6 Å². The van der Waals surface area contributed by atoms with Gasteiger partial charge in [0.1, 0.15) is 11.0 Å². The largest absolute Gasteiger partial charge is 0.349 e. The molecule has 0 aliphatic carbocycles. The average Bonchev–Trinajstić information content (AvgIpc) is 3.12. The highest BCUT2D eigenvalue weighted by molar-refractivity contribution is 7.15. The molecule has 1 aliphatic heterocycles. The van der Waals surface area contributed by atoms with E-state index in [1.807, 2.05) is 37.3 Å². The molecule has 114 valence electrons. The number of carbonyl (C=O) groups is 2. The molecule has 0 radical (unpaired) electrons. The Morgan fingerprint density at radius 1 is 1.41 bits per heavy atom. The number of carbonyl (C=O) groups excluding carboxylic acids is 2. The van der Waals surface area contributed by atoms with Crippen molar-refractivity contribution in [2.75, 3.05) is 6.54 Å². The summed E-state index contributed by atoms with van der Waals surface area (Å²) in [4.78, 5) is 28.6. The first-order valence-corrected chi connectivity index (χ1v) is 7.79. The molecule has 1 unspecified atom stereocenters. The summed E-state index contributed by atoms with van der Waals surface area (Å²) in [5.74, 6) is -0.188. The van der Waals surface area contributed by atoms with E-state index in [9.17, 15) is 9.59 Å². The standard InChI is InChI=1S/C15H16N4O2S/c1-9-12(8-16-13(20)11-7-17-15(21)19-11)22-14(18-9)10-5-3-2-4-6-10/h2-6,11H,7-8H2,1H3,(H,16,20)(H2,17,19,21). The minimum Gasteiger partial charge on any atom is -0.349 e. The van der Waals surface area contributed by atoms with Gasteiger partial charge >= 0.3 is 6.03 Å². The molecule has 1 aromatic heterocycles. The Morgan fingerprint density at radius 2 is 2.18 bits per heavy atom. The van der Waals surface area contributed by atoms with Crippen LogP contribution in [-0.2, 0) is 11.3 Å². The van der Waals surface area contributed by atoms with Crippen molar-refractivity contribution in [3.63, 3.8) is 0 Å². The van der Waals surface area contributed by atoms with Gasteiger partial charge in [-0.25, -0.2) is 9.78 Å². The molecule has 1 saturated heterocycles. The fourth-order valence-electron chi connectivity index (χ4n) is 2.20. The van der Waals surface area contributed by atoms with Gasteiger partial charge in [0.25, 0.3) is 0 Å². The summed E-state index contributed by atoms with van der Waals surface area (Å²) in [6, 6.07) is 9.14. The molecule has 2 heterocycles. The van der Waals surface area contributed by atoms with Gasteiger partial charge in [-0.3, -0.25) is 4.79 Å². The van der Waals surface area contributed by atoms with Gasteiger partial charge in [-0.2, -0.15) is 0 Å². The minimum absolute atomic E-state index is 0.188. The van der Waals surface area contributed by atoms with E-state index in [-0.39, 0.29) is 11.9 Å². The van der Waals surface area contributed by atoms with Crippen LogP contribution in [0.2, 0.25) is 0 Å². The Kier molecular flexibility index (Phi) is 4.06. The Bertz CT molecular complexity index is 699. The third-order valence-corrected chi connectivity index (χ3v) is 4.63. The predicted molar refractivity (Wildman–Crippen MR) is 84.5 cm³/mol. The molecule has 3 rings (SSSR count). The quantitative estimate of drug-likeness (QED) is 0.797. The van der Waals surface area contributed by atoms with E-state index < -0.39 is 6.04 Å². The molecule has 1 fully saturated rings. The normalized spacial score (nSPS) is 17.0. The highest BCUT2D eigenvalue weighted by Crippen LogP contribution is 2.27. The lowest BCUT2D eigenvalue weighted by atomic mass is 10.2. The third-order valence-electron chi connectivity index (χ3n) is 3.43. The molecule has 3 amide bonds. The van der Waals surface area contributed by atoms with Gasteiger partial charge in [0.05, 0.1) is 12.2 Å². The molecule has 1 atom stereocenters. The van der Waals surface area contributed by atoms with Crippen LogP contribution in [0.25, 0.3) is 10.6 Å². The lowest BCUT2D eigenvalue weighted by Gasteiger charge is -2.09. The average molecular weight is 316 g/mol. The maximum atomic E-state index is 12.0. The zero-order chi connectivity index (χ0) is 15.5. The smallest absolute Gasteiger partial charge is 0.315 e. The van der Waals surface area contributed by atoms with Gasteiger partial charge in [-0.15, -0.1) is 11.3 Å². The van der Waals surface area contributed by atoms with Crippen molar-refractivity contribution >= 4 is 23.3 Å². The van der Waals surface area contributed by atoms with Crippen molar-refractivity contribution in [2.24, 2.45) is 0 Å². The van der Waals surface area contributed by atoms with Crippen molar-refractivity contribution in [1.29, 1.82) is 0 Å². The monoisotopic (exact) mass is 316 g/mol. The van der Waals surface area contributed by atoms with Crippen molar-refractivity contribution < 1.29 is 9.59 Å². The number of benzene rings is 1. The molecule has 1 aromatic carbocycles. The highest BCUT2D eigenvalue weighted by atomic mass is 32.1. The van der Waals surface area contributed by atoms with Crippen LogP contribution in [0.5, 0.6) is 0 Å². The molecule has 0 spiro atoms. The zero-order valence-electron chi connectivity index (χ0n) is 12.1. The lowest BCUT2D eigenvalue weighted by molar-refractivity contribution is -0.122. The van der Waals surface area contributed by atoms with Crippen LogP contribution in [0.3, 0.4) is 0 Å². The summed E-state index contributed by atoms with van der Waals surface area (Å²) in [6.07, 6.45) is 0. The van der Waals surface area contributed by atoms with Gasteiger partial charge < -0.3 is 16.0 Å². The molecular weight excluding hydrogens is 300 g/mol. The number of amides is 3. The van der Waals surface area contributed by atoms with E-state index in [2.05, 4.69) is 20.9 Å². The Hall–Kier alpha value is -2.41. The number of aryl methyl sites for hydroxylation is 1. The number of urea groups is 1. The summed E-state index contributed by atoms with van der Waals surface area (Å²) < 4.78 is 0. The number of nitrogens with one attached hydrogen (secondary N) is 3. The lowest BCUT2D eigenvalue weighted by Crippen LogP contribution is -2.42. The summed E-state index contributed by atoms with van der Waals surface area (Å²) >= 11 is 1.57. The van der Waals surface area contributed by atoms with Crippen molar-refractivity contribution in [2.45, 2.75) is 19.5 Å². The second-order valence-corrected chi connectivity index (χ2v) is 6.10. The van der Waals surface area contributed by atoms with E-state index in [0.717, 1.165) is 21.1 Å². The number of thiazole rings is 1. The Balaban J connectivity index is 1.65. The number of rotatable bonds is 4. The molecule has 6 nitrogen and oxygen atoms in total. The van der Waals surface area contributed by atoms with Crippen LogP contribution in [0.4, 0.5) is 4.79 Å². The maximum Gasteiger partial charge on any atom is 0.315 e. The second kappa shape index (κ2) is 6.15. The summed E-state index contributed by atoms with van der Waals surface area (Å²) in [7, 11) is 0. The molecule has 0 saturated carbocycles. The van der Waals surface area contributed by atoms with Crippen molar-refractivity contribution in [3.05, 3.63) is 40.9 Å². The van der Waals surface area contributed by atoms with E-state index in [1.54, 1.807) is 11.3 Å². The predicted octanol–water partition coefficient (Wildman–Crippen LogP) is 1.42. The first-order valence-electron chi connectivity index (χ1n) is 6.97. The van der Waals surface area contributed by atoms with Crippen LogP contribution >= 0.6 is 11.3 Å². The molecule has 22 heavy (non-hydrogen) atoms. The van der Waals surface area contributed by atoms with Crippen LogP contribution in [0.15, 0.2) is 30.3 Å². The zero-order valence-corrected chi connectivity index (χ0v) is 12.9. The topological polar surface area (TPSA) is 83.1 Å². The number of hydrogen-bond acceptors (Lipinski definition) is 4. The van der Waals surface area contributed by atoms with Gasteiger partial charge in [-0.05, 0) is 6.92 Å². The minimum atomic E-state index is -0.505. The highest BCUT2D eigenvalue weighted by Gasteiger charge is 2.26. The molecule has 2 aromatic rings. The first-order chi connectivity index (χ1) is 10.6. The summed E-state index contributed by atoms with van der Waals surface area (Å²) in [5, 5.41) is 8.91. The van der Waals surface area contributed by atoms with Gasteiger partial charge in [-0.1, -0.05) is 30.3 Å². The van der Waals surface area contributed by atoms with E-state index in [0.29, 0.717) is 13.1 Å². The van der Waals surface area contributed by atoms with E-state index >= 15 is 0 Å². The fourth-order valence-corrected chi connectivity index (χ4v) is 3.21. The second-order valence-electron chi connectivity index (χ2n) is 5.02. The number of hydrogen-bond donors (Lipinski definition) is 3. The third kappa shape index (κ3) is 3.09. The van der Waals surface area contributed by atoms with E-state index in [4.69, 9.17) is 0 Å². The Morgan fingerprint density at radius 3 is 2.86 bits per heavy atom. The van der Waals surface area contributed by atoms with Crippen LogP contribution in [0, 0.1) is 6.92 Å². The number of nitrogens with zero attached hydrogens (tertiary/aromatic N) is 1. The van der Waals surface area contributed by atoms with E-state index in [1.165, 1.54) is 0 Å². The summed E-state index contributed by atoms with van der Waals surface area (Å²) in [5.41, 5.74) is 1.98. The maximum absolute atomic E-state index is 12.0.